The molecule has 2 rings (SSSR count). The maximum absolute atomic E-state index is 9.23. The topological polar surface area (TPSA) is 41.5 Å². The van der Waals surface area contributed by atoms with Crippen LogP contribution in [0.15, 0.2) is 54.6 Å². The first kappa shape index (κ1) is 14.4. The van der Waals surface area contributed by atoms with Gasteiger partial charge in [0, 0.05) is 22.9 Å². The molecule has 2 N–H and O–H groups in total. The fourth-order valence-electron chi connectivity index (χ4n) is 1.68. The van der Waals surface area contributed by atoms with E-state index in [2.05, 4.69) is 5.32 Å². The van der Waals surface area contributed by atoms with Crippen molar-refractivity contribution in [2.45, 2.75) is 13.8 Å². The third kappa shape index (κ3) is 4.28. The van der Waals surface area contributed by atoms with E-state index in [1.165, 1.54) is 0 Å². The lowest BCUT2D eigenvalue weighted by atomic mass is 9.96. The van der Waals surface area contributed by atoms with Crippen molar-refractivity contribution in [1.82, 2.24) is 0 Å². The van der Waals surface area contributed by atoms with E-state index >= 15 is 0 Å². The van der Waals surface area contributed by atoms with Crippen molar-refractivity contribution < 1.29 is 9.84 Å². The van der Waals surface area contributed by atoms with Gasteiger partial charge < -0.3 is 15.2 Å². The summed E-state index contributed by atoms with van der Waals surface area (Å²) in [6, 6.07) is 17.8. The van der Waals surface area contributed by atoms with Gasteiger partial charge in [-0.1, -0.05) is 38.1 Å². The van der Waals surface area contributed by atoms with E-state index in [0.29, 0.717) is 6.61 Å². The second-order valence-corrected chi connectivity index (χ2v) is 5.63. The summed E-state index contributed by atoms with van der Waals surface area (Å²) in [7, 11) is 0. The first-order chi connectivity index (χ1) is 9.59. The number of hydrogen-bond donors (Lipinski definition) is 2. The molecule has 0 fully saturated rings. The van der Waals surface area contributed by atoms with Crippen LogP contribution >= 0.6 is 0 Å². The highest BCUT2D eigenvalue weighted by Crippen LogP contribution is 2.23. The summed E-state index contributed by atoms with van der Waals surface area (Å²) in [4.78, 5) is 0. The number of aliphatic hydroxyl groups is 1. The lowest BCUT2D eigenvalue weighted by molar-refractivity contribution is 0.0976. The summed E-state index contributed by atoms with van der Waals surface area (Å²) in [6.07, 6.45) is 0. The van der Waals surface area contributed by atoms with Gasteiger partial charge in [0.05, 0.1) is 13.2 Å². The van der Waals surface area contributed by atoms with E-state index < -0.39 is 0 Å². The molecule has 0 atom stereocenters. The van der Waals surface area contributed by atoms with Gasteiger partial charge >= 0.3 is 0 Å². The molecule has 3 nitrogen and oxygen atoms in total. The third-order valence-electron chi connectivity index (χ3n) is 2.95. The largest absolute Gasteiger partial charge is 0.493 e. The Labute approximate surface area is 120 Å². The van der Waals surface area contributed by atoms with Crippen LogP contribution in [0.2, 0.25) is 0 Å². The van der Waals surface area contributed by atoms with Crippen LogP contribution in [0.1, 0.15) is 13.8 Å². The lowest BCUT2D eigenvalue weighted by Crippen LogP contribution is -2.25. The molecule has 0 amide bonds. The SMILES string of the molecule is CC(C)(CO)COc1cccc(Nc2ccccc2)c1. The Bertz CT molecular complexity index is 538. The van der Waals surface area contributed by atoms with E-state index in [-0.39, 0.29) is 12.0 Å². The van der Waals surface area contributed by atoms with Crippen LogP contribution in [0.5, 0.6) is 5.75 Å². The van der Waals surface area contributed by atoms with Crippen LogP contribution in [-0.2, 0) is 0 Å². The number of hydrogen-bond acceptors (Lipinski definition) is 3. The fraction of sp³-hybridized carbons (Fsp3) is 0.294. The molecule has 0 aromatic heterocycles. The number of nitrogens with one attached hydrogen (secondary N) is 1. The maximum Gasteiger partial charge on any atom is 0.121 e. The maximum atomic E-state index is 9.23. The third-order valence-corrected chi connectivity index (χ3v) is 2.95. The van der Waals surface area contributed by atoms with Crippen LogP contribution in [-0.4, -0.2) is 18.3 Å². The van der Waals surface area contributed by atoms with E-state index in [1.807, 2.05) is 68.4 Å². The molecule has 20 heavy (non-hydrogen) atoms. The molecule has 0 aliphatic heterocycles. The number of aliphatic hydroxyl groups excluding tert-OH is 1. The van der Waals surface area contributed by atoms with Gasteiger partial charge in [0.1, 0.15) is 5.75 Å². The molecule has 0 aliphatic rings. The Hall–Kier alpha value is -2.00. The Kier molecular flexibility index (Phi) is 4.64. The van der Waals surface area contributed by atoms with E-state index in [0.717, 1.165) is 17.1 Å². The Morgan fingerprint density at radius 1 is 1.00 bits per heavy atom. The van der Waals surface area contributed by atoms with Crippen LogP contribution in [0.25, 0.3) is 0 Å². The molecule has 2 aromatic rings. The first-order valence-electron chi connectivity index (χ1n) is 6.75. The number of ether oxygens (including phenoxy) is 1. The minimum absolute atomic E-state index is 0.106. The van der Waals surface area contributed by atoms with Crippen LogP contribution < -0.4 is 10.1 Å². The summed E-state index contributed by atoms with van der Waals surface area (Å²) < 4.78 is 5.74. The van der Waals surface area contributed by atoms with Gasteiger partial charge in [-0.05, 0) is 24.3 Å². The molecule has 0 bridgehead atoms. The van der Waals surface area contributed by atoms with Crippen LogP contribution in [0, 0.1) is 5.41 Å². The van der Waals surface area contributed by atoms with Crippen molar-refractivity contribution in [3.8, 4) is 5.75 Å². The Balaban J connectivity index is 2.01. The minimum atomic E-state index is -0.233. The summed E-state index contributed by atoms with van der Waals surface area (Å²) in [5.41, 5.74) is 1.79. The Morgan fingerprint density at radius 2 is 1.70 bits per heavy atom. The molecule has 0 unspecified atom stereocenters. The predicted octanol–water partition coefficient (Wildman–Crippen LogP) is 3.83. The lowest BCUT2D eigenvalue weighted by Gasteiger charge is -2.22. The smallest absolute Gasteiger partial charge is 0.121 e. The van der Waals surface area contributed by atoms with E-state index in [9.17, 15) is 5.11 Å². The quantitative estimate of drug-likeness (QED) is 0.839. The molecule has 0 aliphatic carbocycles. The predicted molar refractivity (Wildman–Crippen MR) is 82.5 cm³/mol. The zero-order valence-corrected chi connectivity index (χ0v) is 12.0. The van der Waals surface area contributed by atoms with Gasteiger partial charge in [-0.3, -0.25) is 0 Å². The number of para-hydroxylation sites is 1. The van der Waals surface area contributed by atoms with Crippen molar-refractivity contribution in [3.63, 3.8) is 0 Å². The van der Waals surface area contributed by atoms with Crippen molar-refractivity contribution in [1.29, 1.82) is 0 Å². The molecule has 3 heteroatoms. The van der Waals surface area contributed by atoms with Crippen molar-refractivity contribution in [2.24, 2.45) is 5.41 Å². The van der Waals surface area contributed by atoms with Gasteiger partial charge in [0.15, 0.2) is 0 Å². The second kappa shape index (κ2) is 6.44. The molecule has 0 saturated carbocycles. The molecule has 0 spiro atoms. The molecule has 0 heterocycles. The van der Waals surface area contributed by atoms with Crippen LogP contribution in [0.3, 0.4) is 0 Å². The number of anilines is 2. The van der Waals surface area contributed by atoms with Gasteiger partial charge in [-0.15, -0.1) is 0 Å². The normalized spacial score (nSPS) is 11.2. The average Bonchev–Trinajstić information content (AvgIpc) is 2.47. The molecule has 0 saturated heterocycles. The monoisotopic (exact) mass is 271 g/mol. The van der Waals surface area contributed by atoms with Crippen molar-refractivity contribution in [2.75, 3.05) is 18.5 Å². The van der Waals surface area contributed by atoms with Gasteiger partial charge in [-0.2, -0.15) is 0 Å². The van der Waals surface area contributed by atoms with E-state index in [4.69, 9.17) is 4.74 Å². The molecule has 2 aromatic carbocycles. The number of benzene rings is 2. The molecule has 0 radical (unpaired) electrons. The molecular weight excluding hydrogens is 250 g/mol. The Morgan fingerprint density at radius 3 is 2.40 bits per heavy atom. The fourth-order valence-corrected chi connectivity index (χ4v) is 1.68. The highest BCUT2D eigenvalue weighted by Gasteiger charge is 2.17. The van der Waals surface area contributed by atoms with Gasteiger partial charge in [0.2, 0.25) is 0 Å². The number of rotatable bonds is 6. The summed E-state index contributed by atoms with van der Waals surface area (Å²) in [6.45, 7) is 4.53. The van der Waals surface area contributed by atoms with Crippen LogP contribution in [0.4, 0.5) is 11.4 Å². The average molecular weight is 271 g/mol. The minimum Gasteiger partial charge on any atom is -0.493 e. The van der Waals surface area contributed by atoms with Crippen molar-refractivity contribution in [3.05, 3.63) is 54.6 Å². The first-order valence-corrected chi connectivity index (χ1v) is 6.75. The zero-order chi connectivity index (χ0) is 14.4. The van der Waals surface area contributed by atoms with Crippen molar-refractivity contribution >= 4 is 11.4 Å². The van der Waals surface area contributed by atoms with Gasteiger partial charge in [-0.25, -0.2) is 0 Å². The summed E-state index contributed by atoms with van der Waals surface area (Å²) in [5.74, 6) is 0.799. The molecular formula is C17H21NO2. The summed E-state index contributed by atoms with van der Waals surface area (Å²) >= 11 is 0. The van der Waals surface area contributed by atoms with E-state index in [1.54, 1.807) is 0 Å². The summed E-state index contributed by atoms with van der Waals surface area (Å²) in [5, 5.41) is 12.6. The highest BCUT2D eigenvalue weighted by atomic mass is 16.5. The van der Waals surface area contributed by atoms with Gasteiger partial charge in [0.25, 0.3) is 0 Å². The highest BCUT2D eigenvalue weighted by molar-refractivity contribution is 5.60. The standard InChI is InChI=1S/C17H21NO2/c1-17(2,12-19)13-20-16-10-6-9-15(11-16)18-14-7-4-3-5-8-14/h3-11,18-19H,12-13H2,1-2H3. The second-order valence-electron chi connectivity index (χ2n) is 5.63. The zero-order valence-electron chi connectivity index (χ0n) is 12.0. The molecule has 106 valence electrons.